The summed E-state index contributed by atoms with van der Waals surface area (Å²) >= 11 is 0. The van der Waals surface area contributed by atoms with Gasteiger partial charge in [0, 0.05) is 11.6 Å². The molecule has 15 heavy (non-hydrogen) atoms. The van der Waals surface area contributed by atoms with Crippen LogP contribution in [0.15, 0.2) is 22.7 Å². The van der Waals surface area contributed by atoms with E-state index in [9.17, 15) is 4.79 Å². The second-order valence-electron chi connectivity index (χ2n) is 3.68. The number of hydrogen-bond acceptors (Lipinski definition) is 3. The zero-order chi connectivity index (χ0) is 10.8. The summed E-state index contributed by atoms with van der Waals surface area (Å²) in [6, 6.07) is 3.55. The third kappa shape index (κ3) is 1.65. The molecule has 2 aromatic rings. The SMILES string of the molecule is CCC(C)c1nccc2oc(C=O)cc12. The van der Waals surface area contributed by atoms with Crippen molar-refractivity contribution in [2.75, 3.05) is 0 Å². The first-order valence-corrected chi connectivity index (χ1v) is 5.10. The fourth-order valence-electron chi connectivity index (χ4n) is 1.65. The molecular weight excluding hydrogens is 190 g/mol. The summed E-state index contributed by atoms with van der Waals surface area (Å²) in [4.78, 5) is 15.0. The van der Waals surface area contributed by atoms with E-state index in [-0.39, 0.29) is 0 Å². The Hall–Kier alpha value is -1.64. The minimum absolute atomic E-state index is 0.363. The van der Waals surface area contributed by atoms with Crippen molar-refractivity contribution in [1.29, 1.82) is 0 Å². The van der Waals surface area contributed by atoms with Gasteiger partial charge in [0.25, 0.3) is 0 Å². The van der Waals surface area contributed by atoms with Crippen LogP contribution in [0.5, 0.6) is 0 Å². The fraction of sp³-hybridized carbons (Fsp3) is 0.333. The van der Waals surface area contributed by atoms with Gasteiger partial charge in [-0.15, -0.1) is 0 Å². The molecule has 2 rings (SSSR count). The van der Waals surface area contributed by atoms with E-state index in [1.807, 2.05) is 0 Å². The predicted molar refractivity (Wildman–Crippen MR) is 58.1 cm³/mol. The Morgan fingerprint density at radius 3 is 3.07 bits per heavy atom. The summed E-state index contributed by atoms with van der Waals surface area (Å²) in [5.41, 5.74) is 1.74. The maximum atomic E-state index is 10.6. The molecule has 0 saturated heterocycles. The number of fused-ring (bicyclic) bond motifs is 1. The van der Waals surface area contributed by atoms with Crippen molar-refractivity contribution in [2.45, 2.75) is 26.2 Å². The Bertz CT molecular complexity index is 487. The number of carbonyl (C=O) groups excluding carboxylic acids is 1. The summed E-state index contributed by atoms with van der Waals surface area (Å²) in [5, 5.41) is 0.953. The van der Waals surface area contributed by atoms with Gasteiger partial charge in [0.15, 0.2) is 12.0 Å². The number of carbonyl (C=O) groups is 1. The van der Waals surface area contributed by atoms with Crippen LogP contribution in [0, 0.1) is 0 Å². The maximum absolute atomic E-state index is 10.6. The molecule has 3 nitrogen and oxygen atoms in total. The molecule has 3 heteroatoms. The lowest BCUT2D eigenvalue weighted by molar-refractivity contribution is 0.110. The number of pyridine rings is 1. The number of furan rings is 1. The first-order valence-electron chi connectivity index (χ1n) is 5.10. The summed E-state index contributed by atoms with van der Waals surface area (Å²) in [7, 11) is 0. The highest BCUT2D eigenvalue weighted by Gasteiger charge is 2.12. The van der Waals surface area contributed by atoms with Crippen LogP contribution >= 0.6 is 0 Å². The highest BCUT2D eigenvalue weighted by molar-refractivity contribution is 5.86. The molecule has 0 aromatic carbocycles. The van der Waals surface area contributed by atoms with E-state index in [0.717, 1.165) is 29.4 Å². The topological polar surface area (TPSA) is 43.1 Å². The van der Waals surface area contributed by atoms with Gasteiger partial charge < -0.3 is 4.42 Å². The predicted octanol–water partition coefficient (Wildman–Crippen LogP) is 3.15. The molecule has 0 fully saturated rings. The highest BCUT2D eigenvalue weighted by atomic mass is 16.3. The maximum Gasteiger partial charge on any atom is 0.185 e. The molecular formula is C12H13NO2. The van der Waals surface area contributed by atoms with E-state index in [2.05, 4.69) is 18.8 Å². The molecule has 0 aliphatic carbocycles. The van der Waals surface area contributed by atoms with Gasteiger partial charge in [-0.2, -0.15) is 0 Å². The quantitative estimate of drug-likeness (QED) is 0.719. The fourth-order valence-corrected chi connectivity index (χ4v) is 1.65. The Morgan fingerprint density at radius 1 is 1.60 bits per heavy atom. The van der Waals surface area contributed by atoms with Crippen LogP contribution in [-0.2, 0) is 0 Å². The molecule has 0 N–H and O–H groups in total. The molecule has 1 unspecified atom stereocenters. The minimum atomic E-state index is 0.363. The molecule has 2 heterocycles. The lowest BCUT2D eigenvalue weighted by Crippen LogP contribution is -1.95. The summed E-state index contributed by atoms with van der Waals surface area (Å²) in [6.45, 7) is 4.24. The van der Waals surface area contributed by atoms with Gasteiger partial charge in [-0.3, -0.25) is 9.78 Å². The molecule has 2 aromatic heterocycles. The van der Waals surface area contributed by atoms with Crippen molar-refractivity contribution in [3.63, 3.8) is 0 Å². The van der Waals surface area contributed by atoms with E-state index in [0.29, 0.717) is 11.7 Å². The van der Waals surface area contributed by atoms with E-state index in [4.69, 9.17) is 4.42 Å². The average Bonchev–Trinajstić information content (AvgIpc) is 2.70. The number of aromatic nitrogens is 1. The van der Waals surface area contributed by atoms with Gasteiger partial charge in [0.2, 0.25) is 0 Å². The van der Waals surface area contributed by atoms with Crippen molar-refractivity contribution in [3.05, 3.63) is 29.8 Å². The zero-order valence-electron chi connectivity index (χ0n) is 8.86. The summed E-state index contributed by atoms with van der Waals surface area (Å²) < 4.78 is 5.34. The molecule has 0 radical (unpaired) electrons. The summed E-state index contributed by atoms with van der Waals surface area (Å²) in [6.07, 6.45) is 3.47. The van der Waals surface area contributed by atoms with Crippen LogP contribution in [0.2, 0.25) is 0 Å². The van der Waals surface area contributed by atoms with Crippen LogP contribution in [0.4, 0.5) is 0 Å². The van der Waals surface area contributed by atoms with Gasteiger partial charge >= 0.3 is 0 Å². The number of hydrogen-bond donors (Lipinski definition) is 0. The van der Waals surface area contributed by atoms with Gasteiger partial charge in [-0.25, -0.2) is 0 Å². The van der Waals surface area contributed by atoms with Gasteiger partial charge in [0.05, 0.1) is 5.69 Å². The van der Waals surface area contributed by atoms with E-state index >= 15 is 0 Å². The van der Waals surface area contributed by atoms with Crippen LogP contribution in [0.3, 0.4) is 0 Å². The van der Waals surface area contributed by atoms with E-state index in [1.165, 1.54) is 0 Å². The minimum Gasteiger partial charge on any atom is -0.453 e. The number of rotatable bonds is 3. The lowest BCUT2D eigenvalue weighted by Gasteiger charge is -2.07. The third-order valence-corrected chi connectivity index (χ3v) is 2.69. The number of nitrogens with zero attached hydrogens (tertiary/aromatic N) is 1. The third-order valence-electron chi connectivity index (χ3n) is 2.69. The normalized spacial score (nSPS) is 12.9. The average molecular weight is 203 g/mol. The first kappa shape index (κ1) is 9.90. The molecule has 0 amide bonds. The Kier molecular flexibility index (Phi) is 2.54. The monoisotopic (exact) mass is 203 g/mol. The van der Waals surface area contributed by atoms with E-state index < -0.39 is 0 Å². The molecule has 0 bridgehead atoms. The van der Waals surface area contributed by atoms with Crippen molar-refractivity contribution < 1.29 is 9.21 Å². The molecule has 78 valence electrons. The Labute approximate surface area is 88.1 Å². The van der Waals surface area contributed by atoms with Crippen LogP contribution in [0.25, 0.3) is 11.0 Å². The van der Waals surface area contributed by atoms with Crippen LogP contribution < -0.4 is 0 Å². The number of aldehydes is 1. The largest absolute Gasteiger partial charge is 0.453 e. The van der Waals surface area contributed by atoms with Gasteiger partial charge in [-0.1, -0.05) is 13.8 Å². The molecule has 0 saturated carbocycles. The van der Waals surface area contributed by atoms with Crippen molar-refractivity contribution in [1.82, 2.24) is 4.98 Å². The van der Waals surface area contributed by atoms with Gasteiger partial charge in [-0.05, 0) is 24.5 Å². The first-order chi connectivity index (χ1) is 7.26. The Morgan fingerprint density at radius 2 is 2.40 bits per heavy atom. The molecule has 0 aliphatic rings. The van der Waals surface area contributed by atoms with Crippen molar-refractivity contribution >= 4 is 17.3 Å². The van der Waals surface area contributed by atoms with Crippen molar-refractivity contribution in [3.8, 4) is 0 Å². The Balaban J connectivity index is 2.63. The second-order valence-corrected chi connectivity index (χ2v) is 3.68. The second kappa shape index (κ2) is 3.85. The van der Waals surface area contributed by atoms with E-state index in [1.54, 1.807) is 18.3 Å². The molecule has 0 spiro atoms. The summed E-state index contributed by atoms with van der Waals surface area (Å²) in [5.74, 6) is 0.744. The highest BCUT2D eigenvalue weighted by Crippen LogP contribution is 2.27. The zero-order valence-corrected chi connectivity index (χ0v) is 8.86. The van der Waals surface area contributed by atoms with Crippen molar-refractivity contribution in [2.24, 2.45) is 0 Å². The molecule has 0 aliphatic heterocycles. The standard InChI is InChI=1S/C12H13NO2/c1-3-8(2)12-10-6-9(7-14)15-11(10)4-5-13-12/h4-8H,3H2,1-2H3. The van der Waals surface area contributed by atoms with Crippen LogP contribution in [-0.4, -0.2) is 11.3 Å². The smallest absolute Gasteiger partial charge is 0.185 e. The van der Waals surface area contributed by atoms with Crippen LogP contribution in [0.1, 0.15) is 42.4 Å². The molecule has 1 atom stereocenters. The van der Waals surface area contributed by atoms with Gasteiger partial charge in [0.1, 0.15) is 5.58 Å². The lowest BCUT2D eigenvalue weighted by atomic mass is 10.0.